The van der Waals surface area contributed by atoms with E-state index in [-0.39, 0.29) is 17.8 Å². The Morgan fingerprint density at radius 3 is 2.46 bits per heavy atom. The zero-order valence-electron chi connectivity index (χ0n) is 20.5. The van der Waals surface area contributed by atoms with Gasteiger partial charge >= 0.3 is 0 Å². The van der Waals surface area contributed by atoms with Crippen molar-refractivity contribution in [3.63, 3.8) is 0 Å². The molecule has 2 amide bonds. The van der Waals surface area contributed by atoms with Crippen LogP contribution >= 0.6 is 11.6 Å². The molecule has 6 N–H and O–H groups in total. The quantitative estimate of drug-likeness (QED) is 0.271. The molecule has 0 aliphatic carbocycles. The maximum Gasteiger partial charge on any atom is 0.257 e. The molecule has 4 rings (SSSR count). The molecular weight excluding hydrogens is 497 g/mol. The SMILES string of the molecule is Cn1c(-c2ccc(Cl)cc2)cc2cc(NC(=O)c3cc(CNC(=O)C(C)(C)F)cnc3C(N)N)cnc21. The van der Waals surface area contributed by atoms with E-state index in [4.69, 9.17) is 23.1 Å². The van der Waals surface area contributed by atoms with Crippen LogP contribution in [0.5, 0.6) is 0 Å². The second-order valence-electron chi connectivity index (χ2n) is 9.14. The van der Waals surface area contributed by atoms with E-state index in [2.05, 4.69) is 20.6 Å². The number of alkyl halides is 1. The average molecular weight is 524 g/mol. The lowest BCUT2D eigenvalue weighted by Crippen LogP contribution is -2.38. The molecular formula is C26H27ClFN7O2. The number of hydrogen-bond donors (Lipinski definition) is 4. The number of rotatable bonds is 7. The van der Waals surface area contributed by atoms with Crippen LogP contribution in [0.15, 0.2) is 54.9 Å². The van der Waals surface area contributed by atoms with Gasteiger partial charge in [0.2, 0.25) is 0 Å². The number of amides is 2. The van der Waals surface area contributed by atoms with Crippen LogP contribution in [0.25, 0.3) is 22.3 Å². The summed E-state index contributed by atoms with van der Waals surface area (Å²) in [5, 5.41) is 6.76. The zero-order valence-corrected chi connectivity index (χ0v) is 21.3. The van der Waals surface area contributed by atoms with Crippen LogP contribution in [0.2, 0.25) is 5.02 Å². The molecule has 0 saturated heterocycles. The van der Waals surface area contributed by atoms with Gasteiger partial charge in [-0.05, 0) is 55.3 Å². The number of nitrogens with two attached hydrogens (primary N) is 2. The third-order valence-electron chi connectivity index (χ3n) is 5.79. The summed E-state index contributed by atoms with van der Waals surface area (Å²) in [7, 11) is 1.91. The van der Waals surface area contributed by atoms with Crippen molar-refractivity contribution in [3.8, 4) is 11.3 Å². The molecule has 0 radical (unpaired) electrons. The topological polar surface area (TPSA) is 141 Å². The van der Waals surface area contributed by atoms with Crippen LogP contribution < -0.4 is 22.1 Å². The summed E-state index contributed by atoms with van der Waals surface area (Å²) >= 11 is 6.01. The summed E-state index contributed by atoms with van der Waals surface area (Å²) in [5.74, 6) is -1.28. The highest BCUT2D eigenvalue weighted by Crippen LogP contribution is 2.29. The van der Waals surface area contributed by atoms with Crippen LogP contribution in [-0.4, -0.2) is 32.0 Å². The fourth-order valence-corrected chi connectivity index (χ4v) is 3.96. The first-order valence-electron chi connectivity index (χ1n) is 11.4. The predicted molar refractivity (Wildman–Crippen MR) is 141 cm³/mol. The highest BCUT2D eigenvalue weighted by Gasteiger charge is 2.26. The number of pyridine rings is 2. The number of carbonyl (C=O) groups excluding carboxylic acids is 2. The summed E-state index contributed by atoms with van der Waals surface area (Å²) in [6.07, 6.45) is 1.97. The van der Waals surface area contributed by atoms with Gasteiger partial charge in [-0.3, -0.25) is 14.6 Å². The normalized spacial score (nSPS) is 11.7. The van der Waals surface area contributed by atoms with Crippen LogP contribution in [0.4, 0.5) is 10.1 Å². The molecule has 0 saturated carbocycles. The molecule has 0 aliphatic heterocycles. The van der Waals surface area contributed by atoms with E-state index in [1.807, 2.05) is 48.0 Å². The number of nitrogens with zero attached hydrogens (tertiary/aromatic N) is 3. The van der Waals surface area contributed by atoms with Crippen LogP contribution in [0.1, 0.15) is 41.6 Å². The van der Waals surface area contributed by atoms with E-state index in [0.29, 0.717) is 16.3 Å². The molecule has 0 atom stereocenters. The van der Waals surface area contributed by atoms with Gasteiger partial charge in [0.15, 0.2) is 5.67 Å². The van der Waals surface area contributed by atoms with Crippen molar-refractivity contribution in [3.05, 3.63) is 76.7 Å². The molecule has 4 aromatic rings. The third kappa shape index (κ3) is 5.77. The van der Waals surface area contributed by atoms with Crippen molar-refractivity contribution in [2.45, 2.75) is 32.2 Å². The highest BCUT2D eigenvalue weighted by molar-refractivity contribution is 6.30. The first-order chi connectivity index (χ1) is 17.4. The summed E-state index contributed by atoms with van der Waals surface area (Å²) in [6.45, 7) is 2.29. The highest BCUT2D eigenvalue weighted by atomic mass is 35.5. The molecule has 3 heterocycles. The van der Waals surface area contributed by atoms with Crippen molar-refractivity contribution in [2.24, 2.45) is 18.5 Å². The van der Waals surface area contributed by atoms with Gasteiger partial charge in [0.05, 0.1) is 35.0 Å². The van der Waals surface area contributed by atoms with Crippen molar-refractivity contribution < 1.29 is 14.0 Å². The van der Waals surface area contributed by atoms with Crippen molar-refractivity contribution in [1.82, 2.24) is 19.9 Å². The minimum atomic E-state index is -2.04. The van der Waals surface area contributed by atoms with Crippen molar-refractivity contribution in [2.75, 3.05) is 5.32 Å². The average Bonchev–Trinajstić information content (AvgIpc) is 3.17. The van der Waals surface area contributed by atoms with Gasteiger partial charge in [0.1, 0.15) is 5.65 Å². The number of nitrogens with one attached hydrogen (secondary N) is 2. The Labute approximate surface area is 218 Å². The molecule has 0 aliphatic rings. The van der Waals surface area contributed by atoms with Gasteiger partial charge in [0.25, 0.3) is 11.8 Å². The third-order valence-corrected chi connectivity index (χ3v) is 6.04. The first kappa shape index (κ1) is 26.2. The Kier molecular flexibility index (Phi) is 7.26. The summed E-state index contributed by atoms with van der Waals surface area (Å²) in [5.41, 5.74) is 13.5. The molecule has 0 unspecified atom stereocenters. The standard InChI is InChI=1S/C26H27ClFN7O2/c1-26(2,28)25(37)33-12-14-8-19(21(22(29)30)31-11-14)24(36)34-18-9-16-10-20(35(3)23(16)32-13-18)15-4-6-17(27)7-5-15/h4-11,13,22H,12,29-30H2,1-3H3,(H,33,37)(H,34,36). The number of fused-ring (bicyclic) bond motifs is 1. The molecule has 1 aromatic carbocycles. The molecule has 0 bridgehead atoms. The number of aromatic nitrogens is 3. The van der Waals surface area contributed by atoms with Crippen molar-refractivity contribution >= 4 is 40.1 Å². The Hall–Kier alpha value is -3.86. The molecule has 11 heteroatoms. The molecule has 37 heavy (non-hydrogen) atoms. The maximum atomic E-state index is 13.8. The van der Waals surface area contributed by atoms with Crippen LogP contribution in [0, 0.1) is 0 Å². The maximum absolute atomic E-state index is 13.8. The number of halogens is 2. The molecule has 3 aromatic heterocycles. The van der Waals surface area contributed by atoms with Gasteiger partial charge in [-0.1, -0.05) is 23.7 Å². The zero-order chi connectivity index (χ0) is 26.9. The number of aryl methyl sites for hydroxylation is 1. The van der Waals surface area contributed by atoms with Gasteiger partial charge in [-0.15, -0.1) is 0 Å². The van der Waals surface area contributed by atoms with E-state index < -0.39 is 23.6 Å². The number of carbonyl (C=O) groups is 2. The molecule has 192 valence electrons. The lowest BCUT2D eigenvalue weighted by atomic mass is 10.1. The smallest absolute Gasteiger partial charge is 0.257 e. The Morgan fingerprint density at radius 2 is 1.81 bits per heavy atom. The summed E-state index contributed by atoms with van der Waals surface area (Å²) < 4.78 is 15.8. The van der Waals surface area contributed by atoms with Crippen LogP contribution in [-0.2, 0) is 18.4 Å². The van der Waals surface area contributed by atoms with Gasteiger partial charge < -0.3 is 26.7 Å². The molecule has 0 spiro atoms. The largest absolute Gasteiger partial charge is 0.349 e. The van der Waals surface area contributed by atoms with E-state index in [1.54, 1.807) is 6.20 Å². The fraction of sp³-hybridized carbons (Fsp3) is 0.231. The van der Waals surface area contributed by atoms with E-state index in [1.165, 1.54) is 12.3 Å². The number of anilines is 1. The second kappa shape index (κ2) is 10.3. The van der Waals surface area contributed by atoms with Gasteiger partial charge in [-0.2, -0.15) is 0 Å². The minimum Gasteiger partial charge on any atom is -0.349 e. The molecule has 0 fully saturated rings. The van der Waals surface area contributed by atoms with Crippen molar-refractivity contribution in [1.29, 1.82) is 0 Å². The number of benzene rings is 1. The Balaban J connectivity index is 1.59. The lowest BCUT2D eigenvalue weighted by Gasteiger charge is -2.16. The molecule has 9 nitrogen and oxygen atoms in total. The summed E-state index contributed by atoms with van der Waals surface area (Å²) in [6, 6.07) is 12.8. The summed E-state index contributed by atoms with van der Waals surface area (Å²) in [4.78, 5) is 33.8. The van der Waals surface area contributed by atoms with Gasteiger partial charge in [-0.25, -0.2) is 9.37 Å². The lowest BCUT2D eigenvalue weighted by molar-refractivity contribution is -0.130. The van der Waals surface area contributed by atoms with E-state index >= 15 is 0 Å². The first-order valence-corrected chi connectivity index (χ1v) is 11.8. The van der Waals surface area contributed by atoms with Crippen LogP contribution in [0.3, 0.4) is 0 Å². The minimum absolute atomic E-state index is 0.0233. The number of hydrogen-bond acceptors (Lipinski definition) is 6. The second-order valence-corrected chi connectivity index (χ2v) is 9.58. The predicted octanol–water partition coefficient (Wildman–Crippen LogP) is 3.82. The van der Waals surface area contributed by atoms with Gasteiger partial charge in [0, 0.05) is 30.2 Å². The fourth-order valence-electron chi connectivity index (χ4n) is 3.84. The Bertz CT molecular complexity index is 1480. The van der Waals surface area contributed by atoms with E-state index in [9.17, 15) is 14.0 Å². The van der Waals surface area contributed by atoms with E-state index in [0.717, 1.165) is 36.1 Å². The Morgan fingerprint density at radius 1 is 1.11 bits per heavy atom. The monoisotopic (exact) mass is 523 g/mol.